The summed E-state index contributed by atoms with van der Waals surface area (Å²) in [5.74, 6) is 0.658. The number of nitrogens with zero attached hydrogens (tertiary/aromatic N) is 2. The highest BCUT2D eigenvalue weighted by Gasteiger charge is 2.10. The lowest BCUT2D eigenvalue weighted by molar-refractivity contribution is 0.0881. The second-order valence-electron chi connectivity index (χ2n) is 5.14. The molecule has 6 heteroatoms. The fourth-order valence-corrected chi connectivity index (χ4v) is 2.50. The van der Waals surface area contributed by atoms with Gasteiger partial charge in [-0.2, -0.15) is 5.10 Å². The largest absolute Gasteiger partial charge is 0.491 e. The Morgan fingerprint density at radius 3 is 2.70 bits per heavy atom. The molecule has 118 valence electrons. The quantitative estimate of drug-likeness (QED) is 0.745. The highest BCUT2D eigenvalue weighted by molar-refractivity contribution is 9.10. The van der Waals surface area contributed by atoms with E-state index in [9.17, 15) is 9.90 Å². The summed E-state index contributed by atoms with van der Waals surface area (Å²) in [7, 11) is 0. The van der Waals surface area contributed by atoms with E-state index < -0.39 is 6.10 Å². The van der Waals surface area contributed by atoms with Crippen LogP contribution in [0.3, 0.4) is 0 Å². The molecule has 1 N–H and O–H groups in total. The average molecular weight is 375 g/mol. The summed E-state index contributed by atoms with van der Waals surface area (Å²) in [5.41, 5.74) is -0.217. The molecular formula is C17H15BrN2O3. The van der Waals surface area contributed by atoms with Gasteiger partial charge in [0.2, 0.25) is 0 Å². The second-order valence-corrected chi connectivity index (χ2v) is 6.05. The molecule has 1 unspecified atom stereocenters. The third-order valence-corrected chi connectivity index (χ3v) is 3.93. The first-order chi connectivity index (χ1) is 11.1. The molecule has 3 rings (SSSR count). The lowest BCUT2D eigenvalue weighted by Gasteiger charge is -2.13. The molecule has 0 fully saturated rings. The third kappa shape index (κ3) is 3.78. The highest BCUT2D eigenvalue weighted by atomic mass is 79.9. The molecule has 0 saturated carbocycles. The number of halogens is 1. The summed E-state index contributed by atoms with van der Waals surface area (Å²) in [6.45, 7) is 0.169. The zero-order valence-corrected chi connectivity index (χ0v) is 13.8. The van der Waals surface area contributed by atoms with Crippen LogP contribution in [0.1, 0.15) is 0 Å². The van der Waals surface area contributed by atoms with Crippen LogP contribution in [0.15, 0.2) is 64.0 Å². The van der Waals surface area contributed by atoms with Crippen LogP contribution in [-0.2, 0) is 6.54 Å². The fraction of sp³-hybridized carbons (Fsp3) is 0.176. The van der Waals surface area contributed by atoms with E-state index in [1.54, 1.807) is 30.5 Å². The maximum Gasteiger partial charge on any atom is 0.274 e. The number of ether oxygens (including phenoxy) is 1. The lowest BCUT2D eigenvalue weighted by Crippen LogP contribution is -2.31. The van der Waals surface area contributed by atoms with Gasteiger partial charge in [-0.3, -0.25) is 4.79 Å². The molecule has 2 aromatic carbocycles. The summed E-state index contributed by atoms with van der Waals surface area (Å²) in [6, 6.07) is 14.6. The highest BCUT2D eigenvalue weighted by Crippen LogP contribution is 2.16. The van der Waals surface area contributed by atoms with E-state index in [1.165, 1.54) is 4.68 Å². The summed E-state index contributed by atoms with van der Waals surface area (Å²) in [4.78, 5) is 12.3. The molecule has 0 aliphatic rings. The minimum absolute atomic E-state index is 0.0835. The Labute approximate surface area is 141 Å². The fourth-order valence-electron chi connectivity index (χ4n) is 2.23. The van der Waals surface area contributed by atoms with Gasteiger partial charge in [-0.15, -0.1) is 0 Å². The van der Waals surface area contributed by atoms with E-state index in [0.29, 0.717) is 11.1 Å². The maximum atomic E-state index is 12.3. The molecule has 0 radical (unpaired) electrons. The van der Waals surface area contributed by atoms with Crippen molar-refractivity contribution >= 4 is 26.7 Å². The van der Waals surface area contributed by atoms with Gasteiger partial charge in [0.15, 0.2) is 0 Å². The summed E-state index contributed by atoms with van der Waals surface area (Å²) >= 11 is 3.35. The number of aromatic nitrogens is 2. The molecule has 1 aromatic heterocycles. The second kappa shape index (κ2) is 6.93. The van der Waals surface area contributed by atoms with Gasteiger partial charge in [0, 0.05) is 9.86 Å². The monoisotopic (exact) mass is 374 g/mol. The van der Waals surface area contributed by atoms with Gasteiger partial charge >= 0.3 is 0 Å². The van der Waals surface area contributed by atoms with E-state index in [-0.39, 0.29) is 18.7 Å². The molecule has 23 heavy (non-hydrogen) atoms. The van der Waals surface area contributed by atoms with Gasteiger partial charge in [-0.1, -0.05) is 34.1 Å². The van der Waals surface area contributed by atoms with Crippen molar-refractivity contribution in [1.29, 1.82) is 0 Å². The van der Waals surface area contributed by atoms with Crippen LogP contribution in [0.5, 0.6) is 5.75 Å². The number of rotatable bonds is 5. The van der Waals surface area contributed by atoms with Crippen molar-refractivity contribution in [2.75, 3.05) is 6.61 Å². The molecule has 0 amide bonds. The van der Waals surface area contributed by atoms with Crippen molar-refractivity contribution in [2.24, 2.45) is 0 Å². The van der Waals surface area contributed by atoms with Gasteiger partial charge in [0.05, 0.1) is 18.1 Å². The molecule has 1 atom stereocenters. The molecule has 5 nitrogen and oxygen atoms in total. The molecular weight excluding hydrogens is 360 g/mol. The van der Waals surface area contributed by atoms with E-state index in [4.69, 9.17) is 4.74 Å². The molecule has 0 aliphatic carbocycles. The van der Waals surface area contributed by atoms with Gasteiger partial charge in [-0.25, -0.2) is 4.68 Å². The number of aliphatic hydroxyl groups excluding tert-OH is 1. The SMILES string of the molecule is O=c1c2ccccc2cnn1CC(O)COc1ccc(Br)cc1. The molecule has 0 aliphatic heterocycles. The Bertz CT molecular complexity index is 862. The normalized spacial score (nSPS) is 12.3. The van der Waals surface area contributed by atoms with Gasteiger partial charge in [0.1, 0.15) is 18.5 Å². The Morgan fingerprint density at radius 1 is 1.17 bits per heavy atom. The van der Waals surface area contributed by atoms with Crippen LogP contribution in [0.25, 0.3) is 10.8 Å². The smallest absolute Gasteiger partial charge is 0.274 e. The Balaban J connectivity index is 1.68. The van der Waals surface area contributed by atoms with Crippen LogP contribution in [0, 0.1) is 0 Å². The number of benzene rings is 2. The van der Waals surface area contributed by atoms with Crippen molar-refractivity contribution in [3.05, 3.63) is 69.6 Å². The zero-order valence-electron chi connectivity index (χ0n) is 12.2. The molecule has 0 spiro atoms. The minimum Gasteiger partial charge on any atom is -0.491 e. The molecule has 1 heterocycles. The van der Waals surface area contributed by atoms with Crippen LogP contribution in [-0.4, -0.2) is 27.6 Å². The van der Waals surface area contributed by atoms with E-state index in [2.05, 4.69) is 21.0 Å². The van der Waals surface area contributed by atoms with E-state index in [1.807, 2.05) is 24.3 Å². The zero-order chi connectivity index (χ0) is 16.2. The van der Waals surface area contributed by atoms with Crippen molar-refractivity contribution in [2.45, 2.75) is 12.6 Å². The van der Waals surface area contributed by atoms with Crippen molar-refractivity contribution in [3.8, 4) is 5.75 Å². The topological polar surface area (TPSA) is 64.4 Å². The first-order valence-corrected chi connectivity index (χ1v) is 7.94. The number of hydrogen-bond acceptors (Lipinski definition) is 4. The predicted molar refractivity (Wildman–Crippen MR) is 91.6 cm³/mol. The standard InChI is InChI=1S/C17H15BrN2O3/c18-13-5-7-15(8-6-13)23-11-14(21)10-20-17(22)16-4-2-1-3-12(16)9-19-20/h1-9,14,21H,10-11H2. The van der Waals surface area contributed by atoms with E-state index >= 15 is 0 Å². The van der Waals surface area contributed by atoms with Crippen LogP contribution >= 0.6 is 15.9 Å². The molecule has 0 bridgehead atoms. The van der Waals surface area contributed by atoms with Crippen molar-refractivity contribution < 1.29 is 9.84 Å². The molecule has 3 aromatic rings. The predicted octanol–water partition coefficient (Wildman–Crippen LogP) is 2.60. The Kier molecular flexibility index (Phi) is 4.73. The van der Waals surface area contributed by atoms with Crippen molar-refractivity contribution in [3.63, 3.8) is 0 Å². The summed E-state index contributed by atoms with van der Waals surface area (Å²) in [5, 5.41) is 15.5. The number of hydrogen-bond donors (Lipinski definition) is 1. The number of fused-ring (bicyclic) bond motifs is 1. The van der Waals surface area contributed by atoms with Crippen LogP contribution < -0.4 is 10.3 Å². The molecule has 0 saturated heterocycles. The van der Waals surface area contributed by atoms with Crippen LogP contribution in [0.4, 0.5) is 0 Å². The Morgan fingerprint density at radius 2 is 1.91 bits per heavy atom. The number of aliphatic hydroxyl groups is 1. The Hall–Kier alpha value is -2.18. The van der Waals surface area contributed by atoms with E-state index in [0.717, 1.165) is 9.86 Å². The lowest BCUT2D eigenvalue weighted by atomic mass is 10.2. The van der Waals surface area contributed by atoms with Gasteiger partial charge in [-0.05, 0) is 30.3 Å². The minimum atomic E-state index is -0.829. The van der Waals surface area contributed by atoms with Gasteiger partial charge < -0.3 is 9.84 Å². The van der Waals surface area contributed by atoms with Crippen LogP contribution in [0.2, 0.25) is 0 Å². The maximum absolute atomic E-state index is 12.3. The first-order valence-electron chi connectivity index (χ1n) is 7.15. The summed E-state index contributed by atoms with van der Waals surface area (Å²) < 4.78 is 7.73. The average Bonchev–Trinajstić information content (AvgIpc) is 2.57. The summed E-state index contributed by atoms with van der Waals surface area (Å²) in [6.07, 6.45) is 0.795. The van der Waals surface area contributed by atoms with Crippen molar-refractivity contribution in [1.82, 2.24) is 9.78 Å². The first kappa shape index (κ1) is 15.7. The third-order valence-electron chi connectivity index (χ3n) is 3.40. The van der Waals surface area contributed by atoms with Gasteiger partial charge in [0.25, 0.3) is 5.56 Å².